The van der Waals surface area contributed by atoms with Crippen LogP contribution < -0.4 is 0 Å². The molecule has 0 fully saturated rings. The highest BCUT2D eigenvalue weighted by Gasteiger charge is 2.33. The summed E-state index contributed by atoms with van der Waals surface area (Å²) in [5.74, 6) is -0.112. The van der Waals surface area contributed by atoms with Gasteiger partial charge in [-0.3, -0.25) is 0 Å². The average Bonchev–Trinajstić information content (AvgIpc) is 2.69. The molecule has 0 saturated heterocycles. The molecule has 1 heterocycles. The lowest BCUT2D eigenvalue weighted by molar-refractivity contribution is -0.137. The average molecular weight is 276 g/mol. The van der Waals surface area contributed by atoms with Crippen molar-refractivity contribution in [2.75, 3.05) is 0 Å². The quantitative estimate of drug-likeness (QED) is 0.713. The summed E-state index contributed by atoms with van der Waals surface area (Å²) in [7, 11) is 0. The Labute approximate surface area is 119 Å². The SMILES string of the molecule is CCCC1=C(CCC)C(Sc2ccccc2)OC1=O. The van der Waals surface area contributed by atoms with Crippen LogP contribution in [-0.2, 0) is 9.53 Å². The second kappa shape index (κ2) is 6.80. The zero-order valence-corrected chi connectivity index (χ0v) is 12.3. The van der Waals surface area contributed by atoms with Crippen molar-refractivity contribution < 1.29 is 9.53 Å². The third-order valence-corrected chi connectivity index (χ3v) is 4.28. The van der Waals surface area contributed by atoms with Crippen molar-refractivity contribution in [1.29, 1.82) is 0 Å². The second-order valence-electron chi connectivity index (χ2n) is 4.67. The highest BCUT2D eigenvalue weighted by molar-refractivity contribution is 8.00. The molecule has 0 N–H and O–H groups in total. The molecule has 2 nitrogen and oxygen atoms in total. The van der Waals surface area contributed by atoms with Crippen molar-refractivity contribution in [1.82, 2.24) is 0 Å². The van der Waals surface area contributed by atoms with Crippen LogP contribution >= 0.6 is 11.8 Å². The number of cyclic esters (lactones) is 1. The predicted molar refractivity (Wildman–Crippen MR) is 79.0 cm³/mol. The van der Waals surface area contributed by atoms with E-state index in [2.05, 4.69) is 26.0 Å². The lowest BCUT2D eigenvalue weighted by atomic mass is 10.0. The number of carbonyl (C=O) groups excluding carboxylic acids is 1. The van der Waals surface area contributed by atoms with Crippen LogP contribution in [-0.4, -0.2) is 11.4 Å². The van der Waals surface area contributed by atoms with Gasteiger partial charge in [-0.1, -0.05) is 56.7 Å². The van der Waals surface area contributed by atoms with Gasteiger partial charge in [0, 0.05) is 10.5 Å². The fraction of sp³-hybridized carbons (Fsp3) is 0.438. The van der Waals surface area contributed by atoms with Crippen LogP contribution in [0.5, 0.6) is 0 Å². The summed E-state index contributed by atoms with van der Waals surface area (Å²) in [4.78, 5) is 13.1. The van der Waals surface area contributed by atoms with Crippen LogP contribution in [0.1, 0.15) is 39.5 Å². The fourth-order valence-corrected chi connectivity index (χ4v) is 3.38. The first kappa shape index (κ1) is 14.2. The van der Waals surface area contributed by atoms with E-state index >= 15 is 0 Å². The maximum atomic E-state index is 12.0. The minimum Gasteiger partial charge on any atom is -0.443 e. The van der Waals surface area contributed by atoms with Gasteiger partial charge in [0.15, 0.2) is 5.44 Å². The highest BCUT2D eigenvalue weighted by atomic mass is 32.2. The summed E-state index contributed by atoms with van der Waals surface area (Å²) in [6.45, 7) is 4.24. The van der Waals surface area contributed by atoms with E-state index < -0.39 is 0 Å². The van der Waals surface area contributed by atoms with Crippen molar-refractivity contribution in [2.24, 2.45) is 0 Å². The van der Waals surface area contributed by atoms with Gasteiger partial charge in [0.2, 0.25) is 0 Å². The highest BCUT2D eigenvalue weighted by Crippen LogP contribution is 2.38. The molecule has 0 amide bonds. The number of hydrogen-bond donors (Lipinski definition) is 0. The monoisotopic (exact) mass is 276 g/mol. The van der Waals surface area contributed by atoms with Crippen molar-refractivity contribution in [3.8, 4) is 0 Å². The van der Waals surface area contributed by atoms with E-state index in [4.69, 9.17) is 4.74 Å². The standard InChI is InChI=1S/C16H20O2S/c1-3-8-13-14(9-4-2)16(18-15(13)17)19-12-10-6-5-7-11-12/h5-7,10-11,16H,3-4,8-9H2,1-2H3. The maximum absolute atomic E-state index is 12.0. The van der Waals surface area contributed by atoms with E-state index in [-0.39, 0.29) is 11.4 Å². The molecule has 0 radical (unpaired) electrons. The summed E-state index contributed by atoms with van der Waals surface area (Å²) >= 11 is 1.63. The first-order valence-corrected chi connectivity index (χ1v) is 7.78. The molecule has 19 heavy (non-hydrogen) atoms. The molecule has 102 valence electrons. The molecule has 0 aliphatic carbocycles. The predicted octanol–water partition coefficient (Wildman–Crippen LogP) is 4.56. The molecule has 1 aromatic carbocycles. The fourth-order valence-electron chi connectivity index (χ4n) is 2.28. The molecule has 0 spiro atoms. The molecular weight excluding hydrogens is 256 g/mol. The Morgan fingerprint density at radius 2 is 1.79 bits per heavy atom. The van der Waals surface area contributed by atoms with Gasteiger partial charge in [-0.05, 0) is 30.5 Å². The van der Waals surface area contributed by atoms with Crippen LogP contribution in [0.25, 0.3) is 0 Å². The first-order chi connectivity index (χ1) is 9.26. The second-order valence-corrected chi connectivity index (χ2v) is 5.81. The molecule has 1 aliphatic heterocycles. The van der Waals surface area contributed by atoms with Gasteiger partial charge in [-0.25, -0.2) is 4.79 Å². The van der Waals surface area contributed by atoms with Crippen LogP contribution in [0.15, 0.2) is 46.4 Å². The third kappa shape index (κ3) is 3.41. The van der Waals surface area contributed by atoms with Crippen molar-refractivity contribution in [2.45, 2.75) is 49.9 Å². The van der Waals surface area contributed by atoms with E-state index in [1.165, 1.54) is 5.57 Å². The molecule has 0 aromatic heterocycles. The zero-order chi connectivity index (χ0) is 13.7. The Balaban J connectivity index is 2.18. The minimum atomic E-state index is -0.128. The molecule has 2 rings (SSSR count). The van der Waals surface area contributed by atoms with Gasteiger partial charge in [0.1, 0.15) is 0 Å². The van der Waals surface area contributed by atoms with Gasteiger partial charge < -0.3 is 4.74 Å². The van der Waals surface area contributed by atoms with Crippen molar-refractivity contribution >= 4 is 17.7 Å². The summed E-state index contributed by atoms with van der Waals surface area (Å²) < 4.78 is 5.55. The van der Waals surface area contributed by atoms with E-state index in [0.717, 1.165) is 36.2 Å². The van der Waals surface area contributed by atoms with Crippen molar-refractivity contribution in [3.63, 3.8) is 0 Å². The first-order valence-electron chi connectivity index (χ1n) is 6.90. The Kier molecular flexibility index (Phi) is 5.08. The molecule has 1 aliphatic rings. The Morgan fingerprint density at radius 3 is 2.42 bits per heavy atom. The van der Waals surface area contributed by atoms with E-state index in [1.54, 1.807) is 11.8 Å². The minimum absolute atomic E-state index is 0.112. The van der Waals surface area contributed by atoms with Crippen LogP contribution in [0.4, 0.5) is 0 Å². The number of rotatable bonds is 6. The number of benzene rings is 1. The van der Waals surface area contributed by atoms with Gasteiger partial charge in [-0.15, -0.1) is 0 Å². The molecular formula is C16H20O2S. The molecule has 0 saturated carbocycles. The summed E-state index contributed by atoms with van der Waals surface area (Å²) in [5.41, 5.74) is 1.98. The summed E-state index contributed by atoms with van der Waals surface area (Å²) in [6.07, 6.45) is 3.82. The Bertz CT molecular complexity index is 465. The number of esters is 1. The molecule has 0 bridgehead atoms. The third-order valence-electron chi connectivity index (χ3n) is 3.14. The number of ether oxygens (including phenoxy) is 1. The molecule has 1 aromatic rings. The Hall–Kier alpha value is -1.22. The van der Waals surface area contributed by atoms with Crippen molar-refractivity contribution in [3.05, 3.63) is 41.5 Å². The number of thioether (sulfide) groups is 1. The van der Waals surface area contributed by atoms with Gasteiger partial charge in [0.05, 0.1) is 0 Å². The van der Waals surface area contributed by atoms with Crippen LogP contribution in [0.2, 0.25) is 0 Å². The molecule has 1 atom stereocenters. The van der Waals surface area contributed by atoms with Gasteiger partial charge in [-0.2, -0.15) is 0 Å². The van der Waals surface area contributed by atoms with E-state index in [1.807, 2.05) is 18.2 Å². The molecule has 1 unspecified atom stereocenters. The van der Waals surface area contributed by atoms with Gasteiger partial charge >= 0.3 is 5.97 Å². The van der Waals surface area contributed by atoms with E-state index in [9.17, 15) is 4.79 Å². The van der Waals surface area contributed by atoms with Crippen LogP contribution in [0, 0.1) is 0 Å². The largest absolute Gasteiger partial charge is 0.443 e. The maximum Gasteiger partial charge on any atom is 0.335 e. The summed E-state index contributed by atoms with van der Waals surface area (Å²) in [6, 6.07) is 10.1. The Morgan fingerprint density at radius 1 is 1.11 bits per heavy atom. The van der Waals surface area contributed by atoms with Crippen LogP contribution in [0.3, 0.4) is 0 Å². The van der Waals surface area contributed by atoms with E-state index in [0.29, 0.717) is 0 Å². The normalized spacial score (nSPS) is 18.8. The lowest BCUT2D eigenvalue weighted by Crippen LogP contribution is -2.06. The molecule has 3 heteroatoms. The van der Waals surface area contributed by atoms with Gasteiger partial charge in [0.25, 0.3) is 0 Å². The summed E-state index contributed by atoms with van der Waals surface area (Å²) in [5, 5.41) is 0. The zero-order valence-electron chi connectivity index (χ0n) is 11.5. The number of carbonyl (C=O) groups is 1. The smallest absolute Gasteiger partial charge is 0.335 e. The lowest BCUT2D eigenvalue weighted by Gasteiger charge is -2.13. The number of hydrogen-bond acceptors (Lipinski definition) is 3. The topological polar surface area (TPSA) is 26.3 Å².